The lowest BCUT2D eigenvalue weighted by atomic mass is 10.1. The molecule has 0 spiro atoms. The number of primary amides is 2. The lowest BCUT2D eigenvalue weighted by Crippen LogP contribution is -2.36. The van der Waals surface area contributed by atoms with Crippen LogP contribution in [0.4, 0.5) is 5.95 Å². The smallest absolute Gasteiger partial charge is 0.276 e. The number of allylic oxidation sites excluding steroid dienone is 2. The van der Waals surface area contributed by atoms with E-state index in [1.807, 2.05) is 48.2 Å². The maximum Gasteiger partial charge on any atom is 0.276 e. The molecule has 0 fully saturated rings. The zero-order valence-corrected chi connectivity index (χ0v) is 39.0. The van der Waals surface area contributed by atoms with Gasteiger partial charge >= 0.3 is 0 Å². The number of anilines is 1. The van der Waals surface area contributed by atoms with Gasteiger partial charge in [0.1, 0.15) is 34.0 Å². The molecule has 0 aliphatic carbocycles. The summed E-state index contributed by atoms with van der Waals surface area (Å²) in [5, 5.41) is 13.4. The number of hydrogen-bond donors (Lipinski definition) is 3. The van der Waals surface area contributed by atoms with Crippen molar-refractivity contribution in [1.29, 1.82) is 0 Å². The molecule has 69 heavy (non-hydrogen) atoms. The number of carbonyl (C=O) groups excluding carboxylic acids is 6. The lowest BCUT2D eigenvalue weighted by Gasteiger charge is -2.19. The van der Waals surface area contributed by atoms with E-state index in [0.717, 1.165) is 21.8 Å². The van der Waals surface area contributed by atoms with E-state index in [9.17, 15) is 28.8 Å². The van der Waals surface area contributed by atoms with Gasteiger partial charge in [-0.1, -0.05) is 12.2 Å². The normalized spacial score (nSPS) is 12.7. The number of benzene rings is 1. The Bertz CT molecular complexity index is 3280. The minimum Gasteiger partial charge on any atom is -0.491 e. The van der Waals surface area contributed by atoms with Crippen molar-refractivity contribution in [3.05, 3.63) is 94.9 Å². The van der Waals surface area contributed by atoms with Gasteiger partial charge in [0.2, 0.25) is 17.8 Å². The van der Waals surface area contributed by atoms with Crippen molar-refractivity contribution < 1.29 is 33.5 Å². The summed E-state index contributed by atoms with van der Waals surface area (Å²) in [7, 11) is 1.62. The van der Waals surface area contributed by atoms with E-state index in [1.54, 1.807) is 48.5 Å². The molecule has 0 atom stereocenters. The van der Waals surface area contributed by atoms with E-state index in [1.165, 1.54) is 29.2 Å². The highest BCUT2D eigenvalue weighted by atomic mass is 16.5. The first kappa shape index (κ1) is 47.0. The van der Waals surface area contributed by atoms with Gasteiger partial charge in [0.05, 0.1) is 34.7 Å². The molecule has 6 amide bonds. The van der Waals surface area contributed by atoms with Crippen molar-refractivity contribution >= 4 is 74.4 Å². The largest absolute Gasteiger partial charge is 0.491 e. The number of nitrogens with zero attached hydrogens (tertiary/aromatic N) is 12. The molecule has 22 heteroatoms. The summed E-state index contributed by atoms with van der Waals surface area (Å²) >= 11 is 0. The number of imidazole rings is 1. The molecule has 7 aromatic rings. The maximum atomic E-state index is 13.9. The predicted molar refractivity (Wildman–Crippen MR) is 254 cm³/mol. The SMILES string of the molecule is CCn1nc(C)cc1C(=O)Nc1nc2cc(C(N)=O)cc(OCCCN(C)C(=O)CCN3C(=O)C=CC3=O)c2n1C/C=C/Cn1c2nc(-c3cc(C)nn3CC)ncc2c2cc(C(N)=O)nc(C)c21. The summed E-state index contributed by atoms with van der Waals surface area (Å²) in [5.74, 6) is -2.15. The van der Waals surface area contributed by atoms with Crippen molar-refractivity contribution in [3.63, 3.8) is 0 Å². The third-order valence-electron chi connectivity index (χ3n) is 11.7. The van der Waals surface area contributed by atoms with Crippen molar-refractivity contribution in [2.45, 2.75) is 73.6 Å². The molecule has 0 radical (unpaired) electrons. The highest BCUT2D eigenvalue weighted by Gasteiger charge is 2.26. The molecule has 6 aromatic heterocycles. The fourth-order valence-electron chi connectivity index (χ4n) is 8.39. The first-order chi connectivity index (χ1) is 33.1. The number of nitrogens with one attached hydrogen (secondary N) is 1. The number of nitrogens with two attached hydrogens (primary N) is 2. The highest BCUT2D eigenvalue weighted by Crippen LogP contribution is 2.33. The Morgan fingerprint density at radius 1 is 0.812 bits per heavy atom. The summed E-state index contributed by atoms with van der Waals surface area (Å²) in [6.45, 7) is 11.2. The monoisotopic (exact) mass is 937 g/mol. The first-order valence-electron chi connectivity index (χ1n) is 22.3. The van der Waals surface area contributed by atoms with E-state index >= 15 is 0 Å². The molecule has 1 aliphatic rings. The van der Waals surface area contributed by atoms with Gasteiger partial charge in [0, 0.05) is 87.4 Å². The molecule has 7 heterocycles. The standard InChI is InChI=1S/C47H51N15O7/c1-7-61-34(20-26(3)55-61)44-50-25-31-30-24-33(43(49)67)51-28(5)40(30)59(45(31)53-44)16-9-10-17-60-41-32(52-47(60)54-46(68)35-21-27(4)56-62(35)8-2)22-29(42(48)66)23-36(41)69-19-11-15-57(6)37(63)14-18-58-38(64)12-13-39(58)65/h9-10,12-13,20-25H,7-8,11,14-19H2,1-6H3,(H2,48,66)(H2,49,67)(H,52,54,68)/b10-9+. The third kappa shape index (κ3) is 9.40. The molecule has 5 N–H and O–H groups in total. The van der Waals surface area contributed by atoms with Crippen LogP contribution in [0.1, 0.15) is 75.1 Å². The fourth-order valence-corrected chi connectivity index (χ4v) is 8.39. The molecular formula is C47H51N15O7. The Morgan fingerprint density at radius 2 is 1.51 bits per heavy atom. The number of hydrogen-bond acceptors (Lipinski definition) is 13. The molecule has 8 rings (SSSR count). The van der Waals surface area contributed by atoms with Crippen LogP contribution < -0.4 is 21.5 Å². The second-order valence-electron chi connectivity index (χ2n) is 16.5. The summed E-state index contributed by atoms with van der Waals surface area (Å²) in [4.78, 5) is 97.3. The van der Waals surface area contributed by atoms with Gasteiger partial charge in [-0.3, -0.25) is 48.3 Å². The minimum absolute atomic E-state index is 0.0333. The zero-order valence-electron chi connectivity index (χ0n) is 39.0. The summed E-state index contributed by atoms with van der Waals surface area (Å²) < 4.78 is 13.5. The van der Waals surface area contributed by atoms with Crippen LogP contribution in [0, 0.1) is 20.8 Å². The van der Waals surface area contributed by atoms with Gasteiger partial charge < -0.3 is 30.2 Å². The van der Waals surface area contributed by atoms with Crippen molar-refractivity contribution in [2.75, 3.05) is 32.1 Å². The second kappa shape index (κ2) is 19.3. The Morgan fingerprint density at radius 3 is 2.20 bits per heavy atom. The van der Waals surface area contributed by atoms with Gasteiger partial charge in [-0.2, -0.15) is 10.2 Å². The summed E-state index contributed by atoms with van der Waals surface area (Å²) in [6.07, 6.45) is 8.21. The zero-order chi connectivity index (χ0) is 49.3. The number of ether oxygens (including phenoxy) is 1. The van der Waals surface area contributed by atoms with Gasteiger partial charge in [-0.05, 0) is 71.4 Å². The first-order valence-corrected chi connectivity index (χ1v) is 22.3. The Hall–Kier alpha value is -8.56. The van der Waals surface area contributed by atoms with Gasteiger partial charge in [0.15, 0.2) is 5.82 Å². The predicted octanol–water partition coefficient (Wildman–Crippen LogP) is 3.60. The average Bonchev–Trinajstić information content (AvgIpc) is 4.14. The molecule has 0 saturated carbocycles. The summed E-state index contributed by atoms with van der Waals surface area (Å²) in [5.41, 5.74) is 16.9. The molecule has 1 aromatic carbocycles. The van der Waals surface area contributed by atoms with Crippen molar-refractivity contribution in [3.8, 4) is 17.3 Å². The van der Waals surface area contributed by atoms with Gasteiger partial charge in [-0.25, -0.2) is 19.9 Å². The minimum atomic E-state index is -0.722. The number of pyridine rings is 1. The molecule has 0 bridgehead atoms. The van der Waals surface area contributed by atoms with Crippen LogP contribution in [0.5, 0.6) is 5.75 Å². The number of imide groups is 1. The third-order valence-corrected chi connectivity index (χ3v) is 11.7. The van der Waals surface area contributed by atoms with Gasteiger partial charge in [0.25, 0.3) is 23.6 Å². The molecule has 0 unspecified atom stereocenters. The second-order valence-corrected chi connectivity index (χ2v) is 16.5. The van der Waals surface area contributed by atoms with E-state index in [0.29, 0.717) is 69.9 Å². The number of aryl methyl sites for hydroxylation is 5. The summed E-state index contributed by atoms with van der Waals surface area (Å²) in [6, 6.07) is 8.28. The number of aromatic nitrogens is 10. The Balaban J connectivity index is 1.12. The number of carbonyl (C=O) groups is 6. The van der Waals surface area contributed by atoms with Crippen molar-refractivity contribution in [2.24, 2.45) is 11.5 Å². The van der Waals surface area contributed by atoms with E-state index < -0.39 is 29.5 Å². The van der Waals surface area contributed by atoms with E-state index in [2.05, 4.69) is 20.5 Å². The number of amides is 6. The topological polar surface area (TPSA) is 279 Å². The Kier molecular flexibility index (Phi) is 13.2. The van der Waals surface area contributed by atoms with E-state index in [-0.39, 0.29) is 68.1 Å². The molecule has 0 saturated heterocycles. The fraction of sp³-hybridized carbons (Fsp3) is 0.319. The van der Waals surface area contributed by atoms with Crippen molar-refractivity contribution in [1.82, 2.24) is 58.4 Å². The Labute approximate surface area is 394 Å². The highest BCUT2D eigenvalue weighted by molar-refractivity contribution is 6.13. The van der Waals surface area contributed by atoms with Crippen LogP contribution in [-0.2, 0) is 40.6 Å². The van der Waals surface area contributed by atoms with Crippen LogP contribution in [0.25, 0.3) is 44.5 Å². The van der Waals surface area contributed by atoms with Gasteiger partial charge in [-0.15, -0.1) is 0 Å². The molecule has 1 aliphatic heterocycles. The number of rotatable bonds is 19. The quantitative estimate of drug-likeness (QED) is 0.0595. The van der Waals surface area contributed by atoms with Crippen LogP contribution in [-0.4, -0.2) is 121 Å². The van der Waals surface area contributed by atoms with Crippen LogP contribution in [0.2, 0.25) is 0 Å². The number of fused-ring (bicyclic) bond motifs is 4. The lowest BCUT2D eigenvalue weighted by molar-refractivity contribution is -0.138. The van der Waals surface area contributed by atoms with Crippen LogP contribution in [0.3, 0.4) is 0 Å². The molecule has 356 valence electrons. The van der Waals surface area contributed by atoms with Crippen LogP contribution >= 0.6 is 0 Å². The molecule has 22 nitrogen and oxygen atoms in total. The van der Waals surface area contributed by atoms with Crippen LogP contribution in [0.15, 0.2) is 60.8 Å². The van der Waals surface area contributed by atoms with E-state index in [4.69, 9.17) is 31.2 Å². The maximum absolute atomic E-state index is 13.9. The average molecular weight is 938 g/mol. The molecular weight excluding hydrogens is 887 g/mol.